The lowest BCUT2D eigenvalue weighted by Gasteiger charge is -2.12. The van der Waals surface area contributed by atoms with Crippen molar-refractivity contribution in [3.8, 4) is 0 Å². The number of thioether (sulfide) groups is 1. The largest absolute Gasteiger partial charge is 0.251 e. The van der Waals surface area contributed by atoms with Gasteiger partial charge in [0.15, 0.2) is 0 Å². The first-order chi connectivity index (χ1) is 9.01. The van der Waals surface area contributed by atoms with Crippen LogP contribution in [0, 0.1) is 0 Å². The molecule has 5 heteroatoms. The lowest BCUT2D eigenvalue weighted by Crippen LogP contribution is -2.02. The normalized spacial score (nSPS) is 11.7. The highest BCUT2D eigenvalue weighted by molar-refractivity contribution is 8.00. The van der Waals surface area contributed by atoms with Crippen molar-refractivity contribution in [3.05, 3.63) is 23.8 Å². The van der Waals surface area contributed by atoms with Crippen LogP contribution in [0.5, 0.6) is 0 Å². The summed E-state index contributed by atoms with van der Waals surface area (Å²) in [5, 5.41) is 1.97. The third-order valence-electron chi connectivity index (χ3n) is 2.76. The number of hydrogen-bond acceptors (Lipinski definition) is 5. The molecule has 0 atom stereocenters. The Kier molecular flexibility index (Phi) is 4.71. The molecule has 0 N–H and O–H groups in total. The molecule has 0 amide bonds. The first-order valence-electron chi connectivity index (χ1n) is 6.22. The molecular weight excluding hydrogens is 274 g/mol. The van der Waals surface area contributed by atoms with Crippen LogP contribution in [0.15, 0.2) is 28.3 Å². The maximum atomic E-state index is 4.74. The fourth-order valence-electron chi connectivity index (χ4n) is 1.76. The highest BCUT2D eigenvalue weighted by Gasteiger charge is 2.11. The van der Waals surface area contributed by atoms with Crippen molar-refractivity contribution < 1.29 is 0 Å². The van der Waals surface area contributed by atoms with E-state index in [9.17, 15) is 0 Å². The van der Waals surface area contributed by atoms with Crippen LogP contribution in [-0.2, 0) is 0 Å². The van der Waals surface area contributed by atoms with Crippen molar-refractivity contribution >= 4 is 34.7 Å². The van der Waals surface area contributed by atoms with Gasteiger partial charge in [-0.3, -0.25) is 4.31 Å². The number of aromatic nitrogens is 2. The van der Waals surface area contributed by atoms with Crippen LogP contribution in [0.1, 0.15) is 25.3 Å². The average molecular weight is 293 g/mol. The summed E-state index contributed by atoms with van der Waals surface area (Å²) < 4.78 is 2.04. The summed E-state index contributed by atoms with van der Waals surface area (Å²) in [6.45, 7) is 4.39. The van der Waals surface area contributed by atoms with Gasteiger partial charge in [-0.15, -0.1) is 11.8 Å². The summed E-state index contributed by atoms with van der Waals surface area (Å²) in [5.74, 6) is 0.514. The second-order valence-corrected chi connectivity index (χ2v) is 6.94. The molecule has 0 saturated heterocycles. The van der Waals surface area contributed by atoms with Crippen LogP contribution in [0.3, 0.4) is 0 Å². The second-order valence-electron chi connectivity index (χ2n) is 4.84. The molecule has 0 aliphatic heterocycles. The van der Waals surface area contributed by atoms with Crippen LogP contribution < -0.4 is 0 Å². The second kappa shape index (κ2) is 6.11. The predicted molar refractivity (Wildman–Crippen MR) is 85.0 cm³/mol. The van der Waals surface area contributed by atoms with Crippen LogP contribution in [-0.4, -0.2) is 34.6 Å². The molecule has 3 nitrogen and oxygen atoms in total. The van der Waals surface area contributed by atoms with Crippen LogP contribution >= 0.6 is 23.7 Å². The van der Waals surface area contributed by atoms with Crippen molar-refractivity contribution in [1.29, 1.82) is 0 Å². The molecule has 102 valence electrons. The molecule has 0 bridgehead atoms. The average Bonchev–Trinajstić information content (AvgIpc) is 2.36. The van der Waals surface area contributed by atoms with Gasteiger partial charge in [-0.05, 0) is 55.9 Å². The number of hydrogen-bond donors (Lipinski definition) is 0. The van der Waals surface area contributed by atoms with E-state index in [1.165, 1.54) is 5.56 Å². The summed E-state index contributed by atoms with van der Waals surface area (Å²) in [6, 6.07) is 6.36. The van der Waals surface area contributed by atoms with Gasteiger partial charge in [0, 0.05) is 0 Å². The van der Waals surface area contributed by atoms with E-state index in [1.54, 1.807) is 23.7 Å². The molecule has 1 aromatic carbocycles. The molecule has 0 unspecified atom stereocenters. The minimum Gasteiger partial charge on any atom is -0.251 e. The number of nitrogens with zero attached hydrogens (tertiary/aromatic N) is 3. The van der Waals surface area contributed by atoms with E-state index in [4.69, 9.17) is 9.97 Å². The summed E-state index contributed by atoms with van der Waals surface area (Å²) in [4.78, 5) is 9.47. The van der Waals surface area contributed by atoms with Gasteiger partial charge in [-0.2, -0.15) is 0 Å². The molecule has 1 heterocycles. The number of benzene rings is 1. The van der Waals surface area contributed by atoms with Crippen LogP contribution in [0.25, 0.3) is 11.0 Å². The molecule has 0 radical (unpaired) electrons. The van der Waals surface area contributed by atoms with Crippen molar-refractivity contribution in [3.63, 3.8) is 0 Å². The van der Waals surface area contributed by atoms with Crippen molar-refractivity contribution in [2.24, 2.45) is 0 Å². The molecule has 1 aromatic heterocycles. The SMILES string of the molecule is CSc1nc2cc(C(C)C)ccc2nc1SN(C)C. The standard InChI is InChI=1S/C14H19N3S2/c1-9(2)10-6-7-11-12(8-10)16-13(18-5)14(15-11)19-17(3)4/h6-9H,1-5H3. The Morgan fingerprint density at radius 3 is 2.32 bits per heavy atom. The van der Waals surface area contributed by atoms with E-state index in [0.29, 0.717) is 5.92 Å². The van der Waals surface area contributed by atoms with Crippen molar-refractivity contribution in [2.45, 2.75) is 29.8 Å². The summed E-state index contributed by atoms with van der Waals surface area (Å²) in [5.41, 5.74) is 3.26. The third-order valence-corrected chi connectivity index (χ3v) is 4.38. The molecule has 0 saturated carbocycles. The smallest absolute Gasteiger partial charge is 0.144 e. The fraction of sp³-hybridized carbons (Fsp3) is 0.429. The monoisotopic (exact) mass is 293 g/mol. The number of rotatable bonds is 4. The third kappa shape index (κ3) is 3.41. The van der Waals surface area contributed by atoms with Crippen LogP contribution in [0.4, 0.5) is 0 Å². The Bertz CT molecular complexity index is 582. The predicted octanol–water partition coefficient (Wildman–Crippen LogP) is 4.04. The van der Waals surface area contributed by atoms with Gasteiger partial charge in [-0.25, -0.2) is 9.97 Å². The Hall–Kier alpha value is -0.780. The van der Waals surface area contributed by atoms with Gasteiger partial charge < -0.3 is 0 Å². The van der Waals surface area contributed by atoms with Gasteiger partial charge >= 0.3 is 0 Å². The molecule has 19 heavy (non-hydrogen) atoms. The van der Waals surface area contributed by atoms with Gasteiger partial charge in [0.05, 0.1) is 11.0 Å². The molecule has 0 aliphatic carbocycles. The molecule has 2 rings (SSSR count). The van der Waals surface area contributed by atoms with Gasteiger partial charge in [-0.1, -0.05) is 19.9 Å². The van der Waals surface area contributed by atoms with E-state index in [-0.39, 0.29) is 0 Å². The van der Waals surface area contributed by atoms with E-state index in [1.807, 2.05) is 24.7 Å². The molecule has 0 fully saturated rings. The molecular formula is C14H19N3S2. The lowest BCUT2D eigenvalue weighted by molar-refractivity contribution is 0.696. The topological polar surface area (TPSA) is 29.0 Å². The summed E-state index contributed by atoms with van der Waals surface area (Å²) >= 11 is 3.26. The van der Waals surface area contributed by atoms with E-state index in [2.05, 4.69) is 32.0 Å². The highest BCUT2D eigenvalue weighted by Crippen LogP contribution is 2.30. The Morgan fingerprint density at radius 2 is 1.74 bits per heavy atom. The zero-order valence-corrected chi connectivity index (χ0v) is 13.6. The molecule has 2 aromatic rings. The van der Waals surface area contributed by atoms with Gasteiger partial charge in [0.1, 0.15) is 10.1 Å². The van der Waals surface area contributed by atoms with E-state index in [0.717, 1.165) is 21.1 Å². The first-order valence-corrected chi connectivity index (χ1v) is 8.22. The van der Waals surface area contributed by atoms with Crippen molar-refractivity contribution in [2.75, 3.05) is 20.4 Å². The summed E-state index contributed by atoms with van der Waals surface area (Å²) in [7, 11) is 4.03. The highest BCUT2D eigenvalue weighted by atomic mass is 32.2. The number of fused-ring (bicyclic) bond motifs is 1. The van der Waals surface area contributed by atoms with E-state index >= 15 is 0 Å². The van der Waals surface area contributed by atoms with Gasteiger partial charge in [0.2, 0.25) is 0 Å². The summed E-state index contributed by atoms with van der Waals surface area (Å²) in [6.07, 6.45) is 2.04. The minimum atomic E-state index is 0.514. The zero-order chi connectivity index (χ0) is 14.0. The molecule has 0 spiro atoms. The lowest BCUT2D eigenvalue weighted by atomic mass is 10.0. The minimum absolute atomic E-state index is 0.514. The Labute approximate surface area is 123 Å². The van der Waals surface area contributed by atoms with Gasteiger partial charge in [0.25, 0.3) is 0 Å². The first kappa shape index (κ1) is 14.6. The maximum Gasteiger partial charge on any atom is 0.144 e. The quantitative estimate of drug-likeness (QED) is 0.627. The zero-order valence-electron chi connectivity index (χ0n) is 12.0. The molecule has 0 aliphatic rings. The Morgan fingerprint density at radius 1 is 1.05 bits per heavy atom. The van der Waals surface area contributed by atoms with Crippen LogP contribution in [0.2, 0.25) is 0 Å². The van der Waals surface area contributed by atoms with Crippen molar-refractivity contribution in [1.82, 2.24) is 14.3 Å². The fourth-order valence-corrected chi connectivity index (χ4v) is 3.14. The Balaban J connectivity index is 2.53. The van der Waals surface area contributed by atoms with E-state index < -0.39 is 0 Å². The maximum absolute atomic E-state index is 4.74.